The molecular formula is C19H14F2N8O2. The number of nitrogens with one attached hydrogen (secondary N) is 1. The van der Waals surface area contributed by atoms with Gasteiger partial charge in [-0.3, -0.25) is 4.79 Å². The molecule has 2 heterocycles. The van der Waals surface area contributed by atoms with Gasteiger partial charge >= 0.3 is 0 Å². The predicted molar refractivity (Wildman–Crippen MR) is 105 cm³/mol. The van der Waals surface area contributed by atoms with E-state index in [1.807, 2.05) is 0 Å². The van der Waals surface area contributed by atoms with E-state index < -0.39 is 17.5 Å². The summed E-state index contributed by atoms with van der Waals surface area (Å²) >= 11 is 0. The van der Waals surface area contributed by atoms with Gasteiger partial charge in [-0.25, -0.2) is 18.8 Å². The lowest BCUT2D eigenvalue weighted by Gasteiger charge is -2.06. The van der Waals surface area contributed by atoms with Gasteiger partial charge in [0, 0.05) is 11.1 Å². The van der Waals surface area contributed by atoms with E-state index in [9.17, 15) is 13.6 Å². The normalized spacial score (nSPS) is 11.5. The highest BCUT2D eigenvalue weighted by atomic mass is 19.2. The van der Waals surface area contributed by atoms with E-state index in [-0.39, 0.29) is 28.7 Å². The summed E-state index contributed by atoms with van der Waals surface area (Å²) in [5.74, 6) is -2.67. The van der Waals surface area contributed by atoms with Crippen LogP contribution < -0.4 is 11.2 Å². The Morgan fingerprint density at radius 3 is 2.58 bits per heavy atom. The number of carbonyl (C=O) groups excluding carboxylic acids is 1. The first-order chi connectivity index (χ1) is 15.0. The van der Waals surface area contributed by atoms with E-state index >= 15 is 0 Å². The Bertz CT molecular complexity index is 1280. The van der Waals surface area contributed by atoms with Gasteiger partial charge in [0.2, 0.25) is 11.6 Å². The van der Waals surface area contributed by atoms with Crippen LogP contribution in [-0.2, 0) is 0 Å². The Hall–Kier alpha value is -4.48. The van der Waals surface area contributed by atoms with Crippen molar-refractivity contribution in [1.82, 2.24) is 30.7 Å². The average molecular weight is 424 g/mol. The van der Waals surface area contributed by atoms with Gasteiger partial charge in [0.05, 0.1) is 5.71 Å². The molecule has 3 N–H and O–H groups in total. The molecule has 0 spiro atoms. The maximum atomic E-state index is 13.4. The van der Waals surface area contributed by atoms with E-state index in [4.69, 9.17) is 5.73 Å². The predicted octanol–water partition coefficient (Wildman–Crippen LogP) is 2.33. The summed E-state index contributed by atoms with van der Waals surface area (Å²) < 4.78 is 32.4. The second kappa shape index (κ2) is 8.10. The van der Waals surface area contributed by atoms with Crippen molar-refractivity contribution in [2.45, 2.75) is 6.92 Å². The van der Waals surface area contributed by atoms with Gasteiger partial charge in [-0.1, -0.05) is 35.5 Å². The molecule has 156 valence electrons. The van der Waals surface area contributed by atoms with Gasteiger partial charge in [-0.05, 0) is 35.4 Å². The van der Waals surface area contributed by atoms with E-state index in [0.717, 1.165) is 12.1 Å². The van der Waals surface area contributed by atoms with Crippen LogP contribution in [0.2, 0.25) is 0 Å². The molecule has 4 rings (SSSR count). The Labute approximate surface area is 173 Å². The number of nitrogen functional groups attached to an aromatic ring is 1. The van der Waals surface area contributed by atoms with Gasteiger partial charge in [0.15, 0.2) is 17.3 Å². The van der Waals surface area contributed by atoms with Crippen molar-refractivity contribution in [3.63, 3.8) is 0 Å². The smallest absolute Gasteiger partial charge is 0.294 e. The van der Waals surface area contributed by atoms with E-state index in [2.05, 4.69) is 35.8 Å². The first-order valence-electron chi connectivity index (χ1n) is 8.85. The molecule has 0 saturated carbocycles. The molecule has 0 atom stereocenters. The molecule has 4 aromatic rings. The van der Waals surface area contributed by atoms with E-state index in [1.165, 1.54) is 17.7 Å². The average Bonchev–Trinajstić information content (AvgIpc) is 3.40. The zero-order chi connectivity index (χ0) is 22.0. The SMILES string of the molecule is C/C(=N/NC(=O)c1nnn(-c2nonc2N)c1-c1ccccc1)c1ccc(F)c(F)c1. The molecule has 1 amide bonds. The number of hydrogen-bond acceptors (Lipinski definition) is 8. The Kier molecular flexibility index (Phi) is 5.18. The first kappa shape index (κ1) is 19.8. The molecule has 2 aromatic carbocycles. The van der Waals surface area contributed by atoms with Gasteiger partial charge in [-0.2, -0.15) is 9.78 Å². The summed E-state index contributed by atoms with van der Waals surface area (Å²) in [5.41, 5.74) is 9.45. The first-order valence-corrected chi connectivity index (χ1v) is 8.85. The minimum atomic E-state index is -1.02. The second-order valence-corrected chi connectivity index (χ2v) is 6.30. The fourth-order valence-electron chi connectivity index (χ4n) is 2.75. The van der Waals surface area contributed by atoms with E-state index in [0.29, 0.717) is 11.1 Å². The number of halogens is 2. The van der Waals surface area contributed by atoms with Crippen LogP contribution in [0.5, 0.6) is 0 Å². The third kappa shape index (κ3) is 3.85. The van der Waals surface area contributed by atoms with Crippen molar-refractivity contribution in [1.29, 1.82) is 0 Å². The number of hydrogen-bond donors (Lipinski definition) is 2. The lowest BCUT2D eigenvalue weighted by Crippen LogP contribution is -2.21. The van der Waals surface area contributed by atoms with Crippen molar-refractivity contribution in [2.75, 3.05) is 5.73 Å². The highest BCUT2D eigenvalue weighted by molar-refractivity contribution is 6.02. The van der Waals surface area contributed by atoms with E-state index in [1.54, 1.807) is 30.3 Å². The number of nitrogens with two attached hydrogens (primary N) is 1. The van der Waals surface area contributed by atoms with Crippen LogP contribution in [0.25, 0.3) is 17.1 Å². The molecule has 2 aromatic heterocycles. The topological polar surface area (TPSA) is 137 Å². The highest BCUT2D eigenvalue weighted by Gasteiger charge is 2.25. The Balaban J connectivity index is 1.69. The molecule has 12 heteroatoms. The van der Waals surface area contributed by atoms with Crippen LogP contribution in [0.4, 0.5) is 14.6 Å². The zero-order valence-electron chi connectivity index (χ0n) is 16.0. The summed E-state index contributed by atoms with van der Waals surface area (Å²) in [7, 11) is 0. The molecule has 0 aliphatic rings. The van der Waals surface area contributed by atoms with Crippen molar-refractivity contribution in [3.8, 4) is 17.1 Å². The van der Waals surface area contributed by atoms with Crippen LogP contribution in [0.15, 0.2) is 58.3 Å². The van der Waals surface area contributed by atoms with Crippen molar-refractivity contribution in [3.05, 3.63) is 71.4 Å². The highest BCUT2D eigenvalue weighted by Crippen LogP contribution is 2.26. The summed E-state index contributed by atoms with van der Waals surface area (Å²) in [4.78, 5) is 12.8. The standard InChI is InChI=1S/C19H14F2N8O2/c1-10(12-7-8-13(20)14(21)9-12)23-25-19(30)15-16(11-5-3-2-4-6-11)29(28-24-15)18-17(22)26-31-27-18/h2-9H,1H3,(H2,22,26)(H,25,30)/b23-10-. The monoisotopic (exact) mass is 424 g/mol. The molecule has 0 bridgehead atoms. The maximum absolute atomic E-state index is 13.4. The van der Waals surface area contributed by atoms with Crippen LogP contribution in [0.1, 0.15) is 23.0 Å². The summed E-state index contributed by atoms with van der Waals surface area (Å²) in [5, 5.41) is 19.0. The van der Waals surface area contributed by atoms with Gasteiger partial charge < -0.3 is 5.73 Å². The molecule has 10 nitrogen and oxygen atoms in total. The lowest BCUT2D eigenvalue weighted by molar-refractivity contribution is 0.0950. The summed E-state index contributed by atoms with van der Waals surface area (Å²) in [6.45, 7) is 1.53. The zero-order valence-corrected chi connectivity index (χ0v) is 16.0. The fraction of sp³-hybridized carbons (Fsp3) is 0.0526. The lowest BCUT2D eigenvalue weighted by atomic mass is 10.1. The molecular weight excluding hydrogens is 410 g/mol. The maximum Gasteiger partial charge on any atom is 0.294 e. The third-order valence-electron chi connectivity index (χ3n) is 4.29. The van der Waals surface area contributed by atoms with Gasteiger partial charge in [0.1, 0.15) is 5.69 Å². The van der Waals surface area contributed by atoms with Crippen molar-refractivity contribution < 1.29 is 18.2 Å². The molecule has 0 saturated heterocycles. The number of nitrogens with zero attached hydrogens (tertiary/aromatic N) is 6. The minimum absolute atomic E-state index is 0.0405. The van der Waals surface area contributed by atoms with Crippen LogP contribution in [0.3, 0.4) is 0 Å². The van der Waals surface area contributed by atoms with Crippen LogP contribution in [-0.4, -0.2) is 36.9 Å². The number of hydrazone groups is 1. The number of aromatic nitrogens is 5. The molecule has 0 fully saturated rings. The largest absolute Gasteiger partial charge is 0.378 e. The molecule has 0 aliphatic carbocycles. The fourth-order valence-corrected chi connectivity index (χ4v) is 2.75. The third-order valence-corrected chi connectivity index (χ3v) is 4.29. The van der Waals surface area contributed by atoms with Crippen molar-refractivity contribution in [2.24, 2.45) is 5.10 Å². The molecule has 0 unspecified atom stereocenters. The number of amides is 1. The summed E-state index contributed by atoms with van der Waals surface area (Å²) in [6.07, 6.45) is 0. The Morgan fingerprint density at radius 1 is 1.13 bits per heavy atom. The molecule has 0 aliphatic heterocycles. The van der Waals surface area contributed by atoms with Gasteiger partial charge in [0.25, 0.3) is 5.91 Å². The van der Waals surface area contributed by atoms with Crippen LogP contribution >= 0.6 is 0 Å². The number of benzene rings is 2. The molecule has 31 heavy (non-hydrogen) atoms. The minimum Gasteiger partial charge on any atom is -0.378 e. The Morgan fingerprint density at radius 2 is 1.90 bits per heavy atom. The van der Waals surface area contributed by atoms with Crippen LogP contribution in [0, 0.1) is 11.6 Å². The second-order valence-electron chi connectivity index (χ2n) is 6.30. The number of anilines is 1. The summed E-state index contributed by atoms with van der Waals surface area (Å²) in [6, 6.07) is 12.1. The number of rotatable bonds is 5. The van der Waals surface area contributed by atoms with Crippen molar-refractivity contribution >= 4 is 17.4 Å². The quantitative estimate of drug-likeness (QED) is 0.370. The van der Waals surface area contributed by atoms with Gasteiger partial charge in [-0.15, -0.1) is 5.10 Å². The molecule has 0 radical (unpaired) electrons. The number of carbonyl (C=O) groups is 1.